The minimum absolute atomic E-state index is 0.00495. The molecule has 0 aliphatic heterocycles. The molecule has 1 amide bonds. The average molecular weight is 419 g/mol. The van der Waals surface area contributed by atoms with Crippen molar-refractivity contribution in [3.63, 3.8) is 0 Å². The number of amides is 1. The second-order valence-corrected chi connectivity index (χ2v) is 6.73. The van der Waals surface area contributed by atoms with E-state index in [0.717, 1.165) is 18.9 Å². The van der Waals surface area contributed by atoms with Gasteiger partial charge in [0.1, 0.15) is 11.6 Å². The molecule has 1 aliphatic carbocycles. The van der Waals surface area contributed by atoms with Gasteiger partial charge in [0, 0.05) is 24.2 Å². The average Bonchev–Trinajstić information content (AvgIpc) is 3.55. The lowest BCUT2D eigenvalue weighted by atomic mass is 10.2. The summed E-state index contributed by atoms with van der Waals surface area (Å²) in [6.45, 7) is -3.24. The van der Waals surface area contributed by atoms with Crippen LogP contribution in [0.2, 0.25) is 0 Å². The molecule has 8 heteroatoms. The van der Waals surface area contributed by atoms with Crippen molar-refractivity contribution >= 4 is 18.0 Å². The molecule has 1 fully saturated rings. The molecule has 0 atom stereocenters. The molecular weight excluding hydrogens is 399 g/mol. The van der Waals surface area contributed by atoms with E-state index in [1.165, 1.54) is 41.3 Å². The number of halogens is 3. The van der Waals surface area contributed by atoms with Crippen LogP contribution in [0, 0.1) is 5.82 Å². The van der Waals surface area contributed by atoms with E-state index in [4.69, 9.17) is 4.74 Å². The summed E-state index contributed by atoms with van der Waals surface area (Å²) in [6, 6.07) is 11.9. The Morgan fingerprint density at radius 2 is 1.80 bits per heavy atom. The Hall–Kier alpha value is -3.29. The highest BCUT2D eigenvalue weighted by molar-refractivity contribution is 5.89. The Labute approximate surface area is 171 Å². The van der Waals surface area contributed by atoms with Gasteiger partial charge in [-0.25, -0.2) is 9.18 Å². The van der Waals surface area contributed by atoms with Gasteiger partial charge in [-0.05, 0) is 42.7 Å². The predicted molar refractivity (Wildman–Crippen MR) is 103 cm³/mol. The highest BCUT2D eigenvalue weighted by Gasteiger charge is 2.33. The van der Waals surface area contributed by atoms with E-state index in [1.54, 1.807) is 18.2 Å². The maximum atomic E-state index is 13.9. The Balaban J connectivity index is 1.51. The van der Waals surface area contributed by atoms with Gasteiger partial charge in [-0.15, -0.1) is 0 Å². The van der Waals surface area contributed by atoms with Crippen LogP contribution in [0.15, 0.2) is 54.6 Å². The third-order valence-electron chi connectivity index (χ3n) is 4.46. The molecule has 0 N–H and O–H groups in total. The summed E-state index contributed by atoms with van der Waals surface area (Å²) < 4.78 is 47.4. The van der Waals surface area contributed by atoms with E-state index in [0.29, 0.717) is 11.1 Å². The van der Waals surface area contributed by atoms with Crippen LogP contribution in [0.5, 0.6) is 5.75 Å². The molecule has 2 aromatic carbocycles. The Kier molecular flexibility index (Phi) is 7.11. The summed E-state index contributed by atoms with van der Waals surface area (Å²) in [4.78, 5) is 25.9. The van der Waals surface area contributed by atoms with Gasteiger partial charge < -0.3 is 14.4 Å². The summed E-state index contributed by atoms with van der Waals surface area (Å²) in [5, 5.41) is 0. The van der Waals surface area contributed by atoms with E-state index in [1.807, 2.05) is 0 Å². The number of benzene rings is 2. The molecule has 0 radical (unpaired) electrons. The quantitative estimate of drug-likeness (QED) is 0.452. The monoisotopic (exact) mass is 419 g/mol. The zero-order chi connectivity index (χ0) is 21.5. The normalized spacial score (nSPS) is 13.5. The number of nitrogens with zero attached hydrogens (tertiary/aromatic N) is 1. The number of hydrogen-bond donors (Lipinski definition) is 0. The molecule has 0 unspecified atom stereocenters. The maximum Gasteiger partial charge on any atom is 0.387 e. The number of carbonyl (C=O) groups is 2. The van der Waals surface area contributed by atoms with Crippen molar-refractivity contribution in [2.75, 3.05) is 6.61 Å². The van der Waals surface area contributed by atoms with Crippen molar-refractivity contribution in [1.82, 2.24) is 4.90 Å². The highest BCUT2D eigenvalue weighted by atomic mass is 19.3. The fraction of sp³-hybridized carbons (Fsp3) is 0.273. The van der Waals surface area contributed by atoms with Crippen LogP contribution in [-0.2, 0) is 20.9 Å². The molecule has 0 bridgehead atoms. The number of rotatable bonds is 9. The topological polar surface area (TPSA) is 55.8 Å². The molecule has 1 saturated carbocycles. The van der Waals surface area contributed by atoms with Gasteiger partial charge in [0.25, 0.3) is 5.91 Å². The molecule has 0 saturated heterocycles. The first kappa shape index (κ1) is 21.4. The third kappa shape index (κ3) is 6.37. The van der Waals surface area contributed by atoms with E-state index in [9.17, 15) is 22.8 Å². The Morgan fingerprint density at radius 3 is 2.43 bits per heavy atom. The smallest absolute Gasteiger partial charge is 0.387 e. The lowest BCUT2D eigenvalue weighted by Crippen LogP contribution is -2.36. The van der Waals surface area contributed by atoms with E-state index in [2.05, 4.69) is 4.74 Å². The van der Waals surface area contributed by atoms with Gasteiger partial charge in [0.15, 0.2) is 6.61 Å². The molecule has 30 heavy (non-hydrogen) atoms. The molecule has 3 rings (SSSR count). The largest absolute Gasteiger partial charge is 0.452 e. The number of hydrogen-bond acceptors (Lipinski definition) is 4. The summed E-state index contributed by atoms with van der Waals surface area (Å²) in [5.74, 6) is -1.50. The third-order valence-corrected chi connectivity index (χ3v) is 4.46. The van der Waals surface area contributed by atoms with Gasteiger partial charge in [-0.3, -0.25) is 4.79 Å². The van der Waals surface area contributed by atoms with Crippen LogP contribution in [0.1, 0.15) is 24.0 Å². The van der Waals surface area contributed by atoms with Crippen molar-refractivity contribution in [3.05, 3.63) is 71.6 Å². The molecular formula is C22H20F3NO4. The van der Waals surface area contributed by atoms with Crippen molar-refractivity contribution in [2.24, 2.45) is 0 Å². The highest BCUT2D eigenvalue weighted by Crippen LogP contribution is 2.29. The molecule has 1 aliphatic rings. The number of ether oxygens (including phenoxy) is 2. The number of carbonyl (C=O) groups excluding carboxylic acids is 2. The first-order valence-electron chi connectivity index (χ1n) is 9.35. The summed E-state index contributed by atoms with van der Waals surface area (Å²) in [5.41, 5.74) is 0.974. The van der Waals surface area contributed by atoms with E-state index < -0.39 is 25.1 Å². The van der Waals surface area contributed by atoms with Crippen molar-refractivity contribution < 1.29 is 32.2 Å². The zero-order valence-electron chi connectivity index (χ0n) is 16.0. The van der Waals surface area contributed by atoms with Crippen LogP contribution >= 0.6 is 0 Å². The number of esters is 1. The second-order valence-electron chi connectivity index (χ2n) is 6.73. The van der Waals surface area contributed by atoms with Gasteiger partial charge in [-0.1, -0.05) is 30.3 Å². The van der Waals surface area contributed by atoms with Gasteiger partial charge in [-0.2, -0.15) is 8.78 Å². The lowest BCUT2D eigenvalue weighted by Gasteiger charge is -2.22. The summed E-state index contributed by atoms with van der Waals surface area (Å²) in [6.07, 6.45) is 4.23. The number of alkyl halides is 2. The Morgan fingerprint density at radius 1 is 1.10 bits per heavy atom. The van der Waals surface area contributed by atoms with Crippen LogP contribution in [0.3, 0.4) is 0 Å². The standard InChI is InChI=1S/C22H20F3NO4/c23-19-4-2-1-3-16(19)13-26(17-8-9-17)20(27)14-29-21(28)12-7-15-5-10-18(11-6-15)30-22(24)25/h1-7,10-12,17,22H,8-9,13-14H2/b12-7+. The van der Waals surface area contributed by atoms with Gasteiger partial charge in [0.2, 0.25) is 0 Å². The molecule has 2 aromatic rings. The van der Waals surface area contributed by atoms with Gasteiger partial charge in [0.05, 0.1) is 0 Å². The Bertz CT molecular complexity index is 911. The van der Waals surface area contributed by atoms with E-state index >= 15 is 0 Å². The summed E-state index contributed by atoms with van der Waals surface area (Å²) >= 11 is 0. The zero-order valence-corrected chi connectivity index (χ0v) is 16.0. The predicted octanol–water partition coefficient (Wildman–Crippen LogP) is 4.17. The lowest BCUT2D eigenvalue weighted by molar-refractivity contribution is -0.148. The molecule has 158 valence electrons. The molecule has 0 aromatic heterocycles. The van der Waals surface area contributed by atoms with Crippen LogP contribution in [0.4, 0.5) is 13.2 Å². The molecule has 0 spiro atoms. The SMILES string of the molecule is O=C(/C=C/c1ccc(OC(F)F)cc1)OCC(=O)N(Cc1ccccc1F)C1CC1. The minimum atomic E-state index is -2.91. The van der Waals surface area contributed by atoms with Crippen LogP contribution in [-0.4, -0.2) is 36.0 Å². The van der Waals surface area contributed by atoms with Crippen molar-refractivity contribution in [1.29, 1.82) is 0 Å². The first-order chi connectivity index (χ1) is 14.4. The fourth-order valence-electron chi connectivity index (χ4n) is 2.81. The van der Waals surface area contributed by atoms with Crippen molar-refractivity contribution in [2.45, 2.75) is 32.0 Å². The van der Waals surface area contributed by atoms with Crippen LogP contribution < -0.4 is 4.74 Å². The van der Waals surface area contributed by atoms with Crippen LogP contribution in [0.25, 0.3) is 6.08 Å². The van der Waals surface area contributed by atoms with E-state index in [-0.39, 0.29) is 24.2 Å². The summed E-state index contributed by atoms with van der Waals surface area (Å²) in [7, 11) is 0. The maximum absolute atomic E-state index is 13.9. The van der Waals surface area contributed by atoms with Crippen molar-refractivity contribution in [3.8, 4) is 5.75 Å². The van der Waals surface area contributed by atoms with Gasteiger partial charge >= 0.3 is 12.6 Å². The minimum Gasteiger partial charge on any atom is -0.452 e. The molecule has 5 nitrogen and oxygen atoms in total. The molecule has 0 heterocycles. The second kappa shape index (κ2) is 9.96. The fourth-order valence-corrected chi connectivity index (χ4v) is 2.81. The first-order valence-corrected chi connectivity index (χ1v) is 9.35.